The maximum absolute atomic E-state index is 6.21. The summed E-state index contributed by atoms with van der Waals surface area (Å²) in [4.78, 5) is 9.14. The van der Waals surface area contributed by atoms with Crippen molar-refractivity contribution in [2.45, 2.75) is 27.7 Å². The molecule has 0 aliphatic rings. The lowest BCUT2D eigenvalue weighted by atomic mass is 10.0. The predicted octanol–water partition coefficient (Wildman–Crippen LogP) is 10.9. The lowest BCUT2D eigenvalue weighted by molar-refractivity contribution is 0.667. The van der Waals surface area contributed by atoms with Gasteiger partial charge in [-0.3, -0.25) is 0 Å². The zero-order valence-corrected chi connectivity index (χ0v) is 24.4. The standard InChI is InChI=1S/C34H21N3O.2C2H6/c1-4-16-29-26(13-1)27-14-2-5-17-30(27)37(29)25-12-8-10-23(20-25)22-9-7-11-24(19-22)32-34-33(36-21-35-32)28-15-3-6-18-31(28)38-34;2*1-2/h1-21H;2*1-2H3. The highest BCUT2D eigenvalue weighted by molar-refractivity contribution is 6.09. The molecule has 0 spiro atoms. The molecular formula is C38H33N3O. The molecular weight excluding hydrogens is 514 g/mol. The molecule has 0 bridgehead atoms. The van der Waals surface area contributed by atoms with Gasteiger partial charge in [-0.25, -0.2) is 9.97 Å². The van der Waals surface area contributed by atoms with Gasteiger partial charge in [0.1, 0.15) is 23.1 Å². The molecule has 0 radical (unpaired) electrons. The Morgan fingerprint density at radius 1 is 0.524 bits per heavy atom. The highest BCUT2D eigenvalue weighted by Gasteiger charge is 2.16. The molecule has 0 aliphatic carbocycles. The van der Waals surface area contributed by atoms with Gasteiger partial charge in [0, 0.05) is 27.4 Å². The van der Waals surface area contributed by atoms with Crippen molar-refractivity contribution in [2.24, 2.45) is 0 Å². The highest BCUT2D eigenvalue weighted by atomic mass is 16.3. The van der Waals surface area contributed by atoms with E-state index in [2.05, 4.69) is 112 Å². The van der Waals surface area contributed by atoms with E-state index in [9.17, 15) is 0 Å². The third kappa shape index (κ3) is 4.51. The second-order valence-electron chi connectivity index (χ2n) is 9.50. The number of benzene rings is 5. The number of hydrogen-bond donors (Lipinski definition) is 0. The quantitative estimate of drug-likeness (QED) is 0.221. The normalized spacial score (nSPS) is 10.9. The molecule has 42 heavy (non-hydrogen) atoms. The molecule has 0 fully saturated rings. The van der Waals surface area contributed by atoms with Gasteiger partial charge in [-0.05, 0) is 53.6 Å². The average Bonchev–Trinajstić information content (AvgIpc) is 3.63. The maximum Gasteiger partial charge on any atom is 0.180 e. The number of nitrogens with zero attached hydrogens (tertiary/aromatic N) is 3. The SMILES string of the molecule is CC.CC.c1cc(-c2cccc(-n3c4ccccc4c4ccccc43)c2)cc(-c2ncnc3c2oc2ccccc23)c1. The molecule has 3 aromatic heterocycles. The van der Waals surface area contributed by atoms with E-state index >= 15 is 0 Å². The molecule has 0 N–H and O–H groups in total. The van der Waals surface area contributed by atoms with Crippen LogP contribution < -0.4 is 0 Å². The van der Waals surface area contributed by atoms with Crippen molar-refractivity contribution in [1.29, 1.82) is 0 Å². The first kappa shape index (κ1) is 27.0. The van der Waals surface area contributed by atoms with Crippen LogP contribution in [-0.4, -0.2) is 14.5 Å². The first-order valence-corrected chi connectivity index (χ1v) is 14.7. The van der Waals surface area contributed by atoms with E-state index in [1.165, 1.54) is 21.8 Å². The van der Waals surface area contributed by atoms with E-state index in [1.807, 2.05) is 52.0 Å². The molecule has 0 aliphatic heterocycles. The van der Waals surface area contributed by atoms with Crippen LogP contribution in [0.2, 0.25) is 0 Å². The van der Waals surface area contributed by atoms with Gasteiger partial charge >= 0.3 is 0 Å². The van der Waals surface area contributed by atoms with Crippen molar-refractivity contribution in [3.8, 4) is 28.1 Å². The Morgan fingerprint density at radius 3 is 1.81 bits per heavy atom. The van der Waals surface area contributed by atoms with Gasteiger partial charge in [-0.15, -0.1) is 0 Å². The number of para-hydroxylation sites is 3. The van der Waals surface area contributed by atoms with Gasteiger partial charge in [-0.1, -0.05) is 107 Å². The molecule has 206 valence electrons. The fourth-order valence-corrected chi connectivity index (χ4v) is 5.60. The number of furan rings is 1. The Kier molecular flexibility index (Phi) is 7.52. The second-order valence-corrected chi connectivity index (χ2v) is 9.50. The molecule has 5 aromatic carbocycles. The van der Waals surface area contributed by atoms with Crippen LogP contribution in [0.25, 0.3) is 71.9 Å². The molecule has 0 atom stereocenters. The van der Waals surface area contributed by atoms with Gasteiger partial charge in [0.15, 0.2) is 5.58 Å². The molecule has 0 saturated heterocycles. The molecule has 0 saturated carbocycles. The largest absolute Gasteiger partial charge is 0.452 e. The second kappa shape index (κ2) is 11.7. The van der Waals surface area contributed by atoms with Crippen molar-refractivity contribution in [1.82, 2.24) is 14.5 Å². The van der Waals surface area contributed by atoms with Gasteiger partial charge in [-0.2, -0.15) is 0 Å². The van der Waals surface area contributed by atoms with Gasteiger partial charge in [0.25, 0.3) is 0 Å². The number of rotatable bonds is 3. The Labute approximate surface area is 245 Å². The first-order chi connectivity index (χ1) is 20.8. The first-order valence-electron chi connectivity index (χ1n) is 14.7. The van der Waals surface area contributed by atoms with Crippen LogP contribution >= 0.6 is 0 Å². The van der Waals surface area contributed by atoms with Crippen molar-refractivity contribution in [3.05, 3.63) is 128 Å². The van der Waals surface area contributed by atoms with Crippen LogP contribution in [0, 0.1) is 0 Å². The highest BCUT2D eigenvalue weighted by Crippen LogP contribution is 2.36. The van der Waals surface area contributed by atoms with Crippen molar-refractivity contribution in [3.63, 3.8) is 0 Å². The van der Waals surface area contributed by atoms with Crippen molar-refractivity contribution >= 4 is 43.9 Å². The van der Waals surface area contributed by atoms with Crippen LogP contribution in [0.15, 0.2) is 132 Å². The Hall–Kier alpha value is -5.22. The minimum atomic E-state index is 0.713. The Bertz CT molecular complexity index is 2100. The summed E-state index contributed by atoms with van der Waals surface area (Å²) < 4.78 is 8.55. The number of aromatic nitrogens is 3. The van der Waals surface area contributed by atoms with E-state index < -0.39 is 0 Å². The van der Waals surface area contributed by atoms with E-state index in [0.29, 0.717) is 5.58 Å². The zero-order chi connectivity index (χ0) is 29.1. The lowest BCUT2D eigenvalue weighted by Gasteiger charge is -2.11. The summed E-state index contributed by atoms with van der Waals surface area (Å²) in [5.41, 5.74) is 9.96. The van der Waals surface area contributed by atoms with Crippen LogP contribution in [-0.2, 0) is 0 Å². The summed E-state index contributed by atoms with van der Waals surface area (Å²) in [6.45, 7) is 8.00. The van der Waals surface area contributed by atoms with Crippen LogP contribution in [0.5, 0.6) is 0 Å². The fourth-order valence-electron chi connectivity index (χ4n) is 5.60. The minimum absolute atomic E-state index is 0.713. The lowest BCUT2D eigenvalue weighted by Crippen LogP contribution is -1.94. The maximum atomic E-state index is 6.21. The van der Waals surface area contributed by atoms with Gasteiger partial charge < -0.3 is 8.98 Å². The third-order valence-corrected chi connectivity index (χ3v) is 7.31. The summed E-state index contributed by atoms with van der Waals surface area (Å²) >= 11 is 0. The van der Waals surface area contributed by atoms with E-state index in [1.54, 1.807) is 6.33 Å². The average molecular weight is 548 g/mol. The van der Waals surface area contributed by atoms with E-state index in [0.717, 1.165) is 44.6 Å². The smallest absolute Gasteiger partial charge is 0.180 e. The Morgan fingerprint density at radius 2 is 1.10 bits per heavy atom. The Balaban J connectivity index is 0.000000759. The minimum Gasteiger partial charge on any atom is -0.452 e. The molecule has 8 aromatic rings. The number of fused-ring (bicyclic) bond motifs is 6. The van der Waals surface area contributed by atoms with Gasteiger partial charge in [0.05, 0.1) is 11.0 Å². The summed E-state index contributed by atoms with van der Waals surface area (Å²) in [5.74, 6) is 0. The van der Waals surface area contributed by atoms with Crippen molar-refractivity contribution in [2.75, 3.05) is 0 Å². The summed E-state index contributed by atoms with van der Waals surface area (Å²) in [5, 5.41) is 3.52. The summed E-state index contributed by atoms with van der Waals surface area (Å²) in [6.07, 6.45) is 1.62. The molecule has 3 heterocycles. The topological polar surface area (TPSA) is 43.9 Å². The fraction of sp³-hybridized carbons (Fsp3) is 0.105. The van der Waals surface area contributed by atoms with Gasteiger partial charge in [0.2, 0.25) is 0 Å². The van der Waals surface area contributed by atoms with E-state index in [4.69, 9.17) is 4.42 Å². The summed E-state index contributed by atoms with van der Waals surface area (Å²) in [7, 11) is 0. The summed E-state index contributed by atoms with van der Waals surface area (Å²) in [6, 6.07) is 42.4. The molecule has 0 amide bonds. The van der Waals surface area contributed by atoms with Crippen LogP contribution in [0.4, 0.5) is 0 Å². The zero-order valence-electron chi connectivity index (χ0n) is 24.4. The monoisotopic (exact) mass is 547 g/mol. The van der Waals surface area contributed by atoms with Crippen LogP contribution in [0.1, 0.15) is 27.7 Å². The molecule has 8 rings (SSSR count). The predicted molar refractivity (Wildman–Crippen MR) is 177 cm³/mol. The van der Waals surface area contributed by atoms with Crippen LogP contribution in [0.3, 0.4) is 0 Å². The van der Waals surface area contributed by atoms with E-state index in [-0.39, 0.29) is 0 Å². The molecule has 0 unspecified atom stereocenters. The number of hydrogen-bond acceptors (Lipinski definition) is 3. The third-order valence-electron chi connectivity index (χ3n) is 7.31. The molecule has 4 heteroatoms. The van der Waals surface area contributed by atoms with Crippen molar-refractivity contribution < 1.29 is 4.42 Å². The molecule has 4 nitrogen and oxygen atoms in total.